The molecule has 0 amide bonds. The molecule has 2 aliphatic rings. The van der Waals surface area contributed by atoms with Crippen molar-refractivity contribution in [3.8, 4) is 51.3 Å². The number of rotatable bonds is 2. The number of hydrogen-bond acceptors (Lipinski definition) is 4. The van der Waals surface area contributed by atoms with Crippen LogP contribution in [0.1, 0.15) is 55.5 Å². The summed E-state index contributed by atoms with van der Waals surface area (Å²) in [6.45, 7) is 8.90. The van der Waals surface area contributed by atoms with E-state index in [-0.39, 0.29) is 5.41 Å². The van der Waals surface area contributed by atoms with Crippen molar-refractivity contribution >= 4 is 10.9 Å². The number of benzene rings is 5. The van der Waals surface area contributed by atoms with Crippen LogP contribution < -0.4 is 4.74 Å². The Morgan fingerprint density at radius 3 is 2.26 bits per heavy atom. The largest absolute Gasteiger partial charge is 0.457 e. The van der Waals surface area contributed by atoms with Crippen molar-refractivity contribution in [2.24, 2.45) is 0 Å². The molecule has 5 aromatic carbocycles. The van der Waals surface area contributed by atoms with Crippen LogP contribution >= 0.6 is 0 Å². The summed E-state index contributed by atoms with van der Waals surface area (Å²) in [5.41, 5.74) is 11.0. The van der Waals surface area contributed by atoms with Crippen LogP contribution in [0.5, 0.6) is 11.5 Å². The molecule has 6 aromatic rings. The first-order chi connectivity index (χ1) is 20.8. The van der Waals surface area contributed by atoms with Gasteiger partial charge in [0.1, 0.15) is 11.5 Å². The molecule has 1 aromatic heterocycles. The van der Waals surface area contributed by atoms with Crippen LogP contribution in [0.25, 0.3) is 44.7 Å². The van der Waals surface area contributed by atoms with Crippen LogP contribution in [-0.2, 0) is 10.8 Å². The van der Waals surface area contributed by atoms with E-state index in [2.05, 4.69) is 100 Å². The normalized spacial score (nSPS) is 15.0. The second kappa shape index (κ2) is 8.86. The Labute approximate surface area is 251 Å². The summed E-state index contributed by atoms with van der Waals surface area (Å²) in [7, 11) is 0. The van der Waals surface area contributed by atoms with Gasteiger partial charge in [-0.05, 0) is 64.7 Å². The van der Waals surface area contributed by atoms with Gasteiger partial charge in [0.2, 0.25) is 0 Å². The number of nitriles is 1. The molecule has 0 saturated carbocycles. The third-order valence-corrected chi connectivity index (χ3v) is 9.36. The Hall–Kier alpha value is -5.27. The quantitative estimate of drug-likeness (QED) is 0.213. The standard InChI is InChI=1S/C39H29N3O/c1-38(2)29-13-7-5-11-26(29)28-20-24(16-18-30(28)38)37-41-32-14-8-6-12-27(32)36(42-37)23-17-19-33-31(21-23)39(3,4)35-25(22-40)10-9-15-34(35)43-33/h5-21H,1-4H3. The van der Waals surface area contributed by atoms with Gasteiger partial charge in [-0.1, -0.05) is 88.4 Å². The van der Waals surface area contributed by atoms with Gasteiger partial charge in [-0.2, -0.15) is 5.26 Å². The molecule has 8 rings (SSSR count). The first-order valence-corrected chi connectivity index (χ1v) is 14.7. The van der Waals surface area contributed by atoms with Crippen molar-refractivity contribution in [2.75, 3.05) is 0 Å². The zero-order valence-corrected chi connectivity index (χ0v) is 24.6. The van der Waals surface area contributed by atoms with Crippen LogP contribution in [0, 0.1) is 11.3 Å². The molecular formula is C39H29N3O. The highest BCUT2D eigenvalue weighted by molar-refractivity contribution is 5.94. The van der Waals surface area contributed by atoms with Gasteiger partial charge in [0.05, 0.1) is 22.8 Å². The number of ether oxygens (including phenoxy) is 1. The lowest BCUT2D eigenvalue weighted by Gasteiger charge is -2.35. The molecule has 0 saturated heterocycles. The lowest BCUT2D eigenvalue weighted by Crippen LogP contribution is -2.25. The smallest absolute Gasteiger partial charge is 0.160 e. The highest BCUT2D eigenvalue weighted by atomic mass is 16.5. The molecule has 0 spiro atoms. The number of fused-ring (bicyclic) bond motifs is 6. The van der Waals surface area contributed by atoms with Crippen molar-refractivity contribution < 1.29 is 4.74 Å². The van der Waals surface area contributed by atoms with Crippen molar-refractivity contribution in [1.29, 1.82) is 5.26 Å². The van der Waals surface area contributed by atoms with E-state index in [0.29, 0.717) is 11.4 Å². The second-order valence-corrected chi connectivity index (χ2v) is 12.6. The van der Waals surface area contributed by atoms with Crippen molar-refractivity contribution in [1.82, 2.24) is 9.97 Å². The summed E-state index contributed by atoms with van der Waals surface area (Å²) < 4.78 is 6.33. The molecule has 0 bridgehead atoms. The van der Waals surface area contributed by atoms with Gasteiger partial charge < -0.3 is 4.74 Å². The fourth-order valence-electron chi connectivity index (χ4n) is 7.15. The van der Waals surface area contributed by atoms with Gasteiger partial charge >= 0.3 is 0 Å². The SMILES string of the molecule is CC1(C)c2ccccc2-c2cc(-c3nc(-c4ccc5c(c4)C(C)(C)c4c(C#N)cccc4O5)c4ccccc4n3)ccc21. The molecule has 0 atom stereocenters. The molecule has 0 radical (unpaired) electrons. The molecule has 206 valence electrons. The number of nitrogens with zero attached hydrogens (tertiary/aromatic N) is 3. The monoisotopic (exact) mass is 555 g/mol. The summed E-state index contributed by atoms with van der Waals surface area (Å²) in [5.74, 6) is 2.24. The Morgan fingerprint density at radius 2 is 1.40 bits per heavy atom. The van der Waals surface area contributed by atoms with Gasteiger partial charge in [-0.25, -0.2) is 9.97 Å². The Bertz CT molecular complexity index is 2180. The van der Waals surface area contributed by atoms with Gasteiger partial charge in [0, 0.05) is 38.5 Å². The molecule has 4 heteroatoms. The second-order valence-electron chi connectivity index (χ2n) is 12.6. The maximum Gasteiger partial charge on any atom is 0.160 e. The van der Waals surface area contributed by atoms with Gasteiger partial charge in [0.15, 0.2) is 5.82 Å². The minimum atomic E-state index is -0.433. The molecule has 1 aliphatic heterocycles. The summed E-state index contributed by atoms with van der Waals surface area (Å²) in [6.07, 6.45) is 0. The number of aromatic nitrogens is 2. The van der Waals surface area contributed by atoms with E-state index in [1.54, 1.807) is 0 Å². The van der Waals surface area contributed by atoms with Crippen molar-refractivity contribution in [3.63, 3.8) is 0 Å². The maximum atomic E-state index is 9.88. The van der Waals surface area contributed by atoms with Crippen LogP contribution in [0.4, 0.5) is 0 Å². The summed E-state index contributed by atoms with van der Waals surface area (Å²) in [4.78, 5) is 10.3. The number of hydrogen-bond donors (Lipinski definition) is 0. The zero-order chi connectivity index (χ0) is 29.5. The molecule has 0 unspecified atom stereocenters. The van der Waals surface area contributed by atoms with Gasteiger partial charge in [0.25, 0.3) is 0 Å². The van der Waals surface area contributed by atoms with Crippen molar-refractivity contribution in [2.45, 2.75) is 38.5 Å². The predicted molar refractivity (Wildman–Crippen MR) is 171 cm³/mol. The van der Waals surface area contributed by atoms with Crippen LogP contribution in [0.2, 0.25) is 0 Å². The fourth-order valence-corrected chi connectivity index (χ4v) is 7.15. The minimum Gasteiger partial charge on any atom is -0.457 e. The van der Waals surface area contributed by atoms with E-state index in [1.807, 2.05) is 36.4 Å². The molecule has 1 aliphatic carbocycles. The molecular weight excluding hydrogens is 526 g/mol. The topological polar surface area (TPSA) is 58.8 Å². The minimum absolute atomic E-state index is 0.0537. The van der Waals surface area contributed by atoms with E-state index in [9.17, 15) is 5.26 Å². The summed E-state index contributed by atoms with van der Waals surface area (Å²) >= 11 is 0. The van der Waals surface area contributed by atoms with E-state index in [1.165, 1.54) is 22.3 Å². The molecule has 43 heavy (non-hydrogen) atoms. The number of para-hydroxylation sites is 1. The van der Waals surface area contributed by atoms with E-state index in [0.717, 1.165) is 50.3 Å². The van der Waals surface area contributed by atoms with E-state index in [4.69, 9.17) is 14.7 Å². The van der Waals surface area contributed by atoms with Crippen molar-refractivity contribution in [3.05, 3.63) is 131 Å². The molecule has 0 N–H and O–H groups in total. The van der Waals surface area contributed by atoms with E-state index < -0.39 is 5.41 Å². The average Bonchev–Trinajstić information content (AvgIpc) is 3.26. The van der Waals surface area contributed by atoms with Crippen LogP contribution in [0.15, 0.2) is 103 Å². The Balaban J connectivity index is 1.30. The Kier molecular flexibility index (Phi) is 5.24. The third-order valence-electron chi connectivity index (χ3n) is 9.36. The highest BCUT2D eigenvalue weighted by Crippen LogP contribution is 2.51. The first-order valence-electron chi connectivity index (χ1n) is 14.7. The fraction of sp³-hybridized carbons (Fsp3) is 0.154. The molecule has 2 heterocycles. The summed E-state index contributed by atoms with van der Waals surface area (Å²) in [6, 6.07) is 37.8. The summed E-state index contributed by atoms with van der Waals surface area (Å²) in [5, 5.41) is 10.9. The lowest BCUT2D eigenvalue weighted by atomic mass is 9.73. The lowest BCUT2D eigenvalue weighted by molar-refractivity contribution is 0.417. The average molecular weight is 556 g/mol. The van der Waals surface area contributed by atoms with Crippen LogP contribution in [0.3, 0.4) is 0 Å². The van der Waals surface area contributed by atoms with E-state index >= 15 is 0 Å². The highest BCUT2D eigenvalue weighted by Gasteiger charge is 2.37. The van der Waals surface area contributed by atoms with Gasteiger partial charge in [-0.3, -0.25) is 0 Å². The predicted octanol–water partition coefficient (Wildman–Crippen LogP) is 9.57. The maximum absolute atomic E-state index is 9.88. The first kappa shape index (κ1) is 25.4. The Morgan fingerprint density at radius 1 is 0.628 bits per heavy atom. The molecule has 4 nitrogen and oxygen atoms in total. The molecule has 0 fully saturated rings. The van der Waals surface area contributed by atoms with Crippen LogP contribution in [-0.4, -0.2) is 9.97 Å². The van der Waals surface area contributed by atoms with Gasteiger partial charge in [-0.15, -0.1) is 0 Å². The third kappa shape index (κ3) is 3.61. The zero-order valence-electron chi connectivity index (χ0n) is 24.6.